The third-order valence-electron chi connectivity index (χ3n) is 1.19. The number of carbonyl (C=O) groups is 2. The highest BCUT2D eigenvalue weighted by atomic mass is 16.4. The maximum atomic E-state index is 10.4. The molecule has 0 atom stereocenters. The van der Waals surface area contributed by atoms with Gasteiger partial charge in [-0.25, -0.2) is 4.79 Å². The molecule has 0 aromatic heterocycles. The number of primary amides is 1. The van der Waals surface area contributed by atoms with Crippen molar-refractivity contribution in [3.63, 3.8) is 0 Å². The van der Waals surface area contributed by atoms with Gasteiger partial charge in [0, 0.05) is 18.8 Å². The zero-order chi connectivity index (χ0) is 9.56. The third kappa shape index (κ3) is 5.28. The van der Waals surface area contributed by atoms with Crippen molar-refractivity contribution in [2.45, 2.75) is 6.92 Å². The van der Waals surface area contributed by atoms with Gasteiger partial charge in [-0.15, -0.1) is 0 Å². The number of hydrogen-bond donors (Lipinski definition) is 2. The minimum atomic E-state index is -1.04. The molecule has 0 aliphatic rings. The van der Waals surface area contributed by atoms with Crippen molar-refractivity contribution in [3.05, 3.63) is 12.3 Å². The smallest absolute Gasteiger partial charge is 0.329 e. The van der Waals surface area contributed by atoms with E-state index in [1.54, 1.807) is 6.92 Å². The Morgan fingerprint density at radius 1 is 1.58 bits per heavy atom. The molecule has 0 aromatic rings. The molecular formula is C7H12N2O3. The highest BCUT2D eigenvalue weighted by Crippen LogP contribution is 1.87. The van der Waals surface area contributed by atoms with Crippen LogP contribution in [0.2, 0.25) is 0 Å². The van der Waals surface area contributed by atoms with Crippen molar-refractivity contribution in [3.8, 4) is 0 Å². The van der Waals surface area contributed by atoms with Gasteiger partial charge in [-0.1, -0.05) is 0 Å². The molecule has 0 aromatic carbocycles. The van der Waals surface area contributed by atoms with Crippen LogP contribution in [0.4, 0.5) is 0 Å². The van der Waals surface area contributed by atoms with Crippen molar-refractivity contribution >= 4 is 11.9 Å². The van der Waals surface area contributed by atoms with E-state index in [-0.39, 0.29) is 6.54 Å². The molecule has 5 nitrogen and oxygen atoms in total. The molecule has 0 aliphatic heterocycles. The minimum absolute atomic E-state index is 0.0419. The summed E-state index contributed by atoms with van der Waals surface area (Å²) in [7, 11) is 0. The number of likely N-dealkylation sites (N-methyl/N-ethyl adjacent to an activating group) is 1. The number of carboxylic acids is 1. The molecule has 0 saturated heterocycles. The quantitative estimate of drug-likeness (QED) is 0.542. The van der Waals surface area contributed by atoms with Gasteiger partial charge < -0.3 is 15.7 Å². The Labute approximate surface area is 70.5 Å². The van der Waals surface area contributed by atoms with Crippen molar-refractivity contribution in [2.75, 3.05) is 13.1 Å². The summed E-state index contributed by atoms with van der Waals surface area (Å²) in [5, 5.41) is 8.26. The summed E-state index contributed by atoms with van der Waals surface area (Å²) in [6, 6.07) is 0. The number of carboxylic acid groups (broad SMARTS) is 1. The molecule has 0 fully saturated rings. The van der Waals surface area contributed by atoms with Crippen molar-refractivity contribution in [1.82, 2.24) is 4.90 Å². The molecule has 0 saturated carbocycles. The third-order valence-corrected chi connectivity index (χ3v) is 1.19. The molecule has 12 heavy (non-hydrogen) atoms. The lowest BCUT2D eigenvalue weighted by Crippen LogP contribution is -2.29. The molecular weight excluding hydrogens is 160 g/mol. The molecule has 5 heteroatoms. The standard InChI is InChI=1S/C7H12N2O3/c1-2-9(5-6(8)10)4-3-7(11)12/h3-4H,2,5H2,1H3,(H2,8,10)(H,11,12)/b4-3+. The van der Waals surface area contributed by atoms with E-state index in [4.69, 9.17) is 10.8 Å². The summed E-state index contributed by atoms with van der Waals surface area (Å²) < 4.78 is 0. The second-order valence-corrected chi connectivity index (χ2v) is 2.18. The zero-order valence-electron chi connectivity index (χ0n) is 6.86. The predicted octanol–water partition coefficient (Wildman–Crippen LogP) is -0.608. The Kier molecular flexibility index (Phi) is 4.52. The zero-order valence-corrected chi connectivity index (χ0v) is 6.86. The first kappa shape index (κ1) is 10.5. The van der Waals surface area contributed by atoms with Gasteiger partial charge in [-0.2, -0.15) is 0 Å². The molecule has 0 unspecified atom stereocenters. The topological polar surface area (TPSA) is 83.6 Å². The first-order chi connectivity index (χ1) is 5.56. The summed E-state index contributed by atoms with van der Waals surface area (Å²) in [6.45, 7) is 2.39. The van der Waals surface area contributed by atoms with Gasteiger partial charge >= 0.3 is 5.97 Å². The number of amides is 1. The highest BCUT2D eigenvalue weighted by molar-refractivity contribution is 5.80. The Morgan fingerprint density at radius 2 is 2.17 bits per heavy atom. The Balaban J connectivity index is 3.99. The Morgan fingerprint density at radius 3 is 2.50 bits per heavy atom. The van der Waals surface area contributed by atoms with Crippen LogP contribution in [0, 0.1) is 0 Å². The number of aliphatic carboxylic acids is 1. The largest absolute Gasteiger partial charge is 0.478 e. The average molecular weight is 172 g/mol. The van der Waals surface area contributed by atoms with Gasteiger partial charge in [-0.05, 0) is 6.92 Å². The maximum Gasteiger partial charge on any atom is 0.329 e. The van der Waals surface area contributed by atoms with E-state index in [1.807, 2.05) is 0 Å². The second-order valence-electron chi connectivity index (χ2n) is 2.18. The Hall–Kier alpha value is -1.52. The van der Waals surface area contributed by atoms with E-state index in [0.29, 0.717) is 6.54 Å². The minimum Gasteiger partial charge on any atom is -0.478 e. The number of rotatable bonds is 5. The molecule has 0 spiro atoms. The molecule has 0 heterocycles. The van der Waals surface area contributed by atoms with Crippen molar-refractivity contribution in [1.29, 1.82) is 0 Å². The fourth-order valence-electron chi connectivity index (χ4n) is 0.639. The van der Waals surface area contributed by atoms with Crippen molar-refractivity contribution < 1.29 is 14.7 Å². The van der Waals surface area contributed by atoms with Crippen LogP contribution in [0.25, 0.3) is 0 Å². The van der Waals surface area contributed by atoms with Gasteiger partial charge in [0.15, 0.2) is 0 Å². The van der Waals surface area contributed by atoms with Crippen LogP contribution >= 0.6 is 0 Å². The van der Waals surface area contributed by atoms with Crippen LogP contribution < -0.4 is 5.73 Å². The van der Waals surface area contributed by atoms with Crippen LogP contribution in [0.15, 0.2) is 12.3 Å². The molecule has 0 radical (unpaired) electrons. The fraction of sp³-hybridized carbons (Fsp3) is 0.429. The molecule has 3 N–H and O–H groups in total. The van der Waals surface area contributed by atoms with Crippen LogP contribution in [-0.2, 0) is 9.59 Å². The SMILES string of the molecule is CCN(/C=C/C(=O)O)CC(N)=O. The molecule has 0 aliphatic carbocycles. The van der Waals surface area contributed by atoms with E-state index in [2.05, 4.69) is 0 Å². The van der Waals surface area contributed by atoms with Crippen LogP contribution in [0.1, 0.15) is 6.92 Å². The molecule has 68 valence electrons. The van der Waals surface area contributed by atoms with E-state index >= 15 is 0 Å². The summed E-state index contributed by atoms with van der Waals surface area (Å²) in [6.07, 6.45) is 2.29. The van der Waals surface area contributed by atoms with Gasteiger partial charge in [0.05, 0.1) is 6.54 Å². The fourth-order valence-corrected chi connectivity index (χ4v) is 0.639. The second kappa shape index (κ2) is 5.17. The van der Waals surface area contributed by atoms with E-state index in [0.717, 1.165) is 6.08 Å². The summed E-state index contributed by atoms with van der Waals surface area (Å²) in [4.78, 5) is 22.0. The first-order valence-electron chi connectivity index (χ1n) is 3.49. The van der Waals surface area contributed by atoms with E-state index < -0.39 is 11.9 Å². The highest BCUT2D eigenvalue weighted by Gasteiger charge is 2.00. The lowest BCUT2D eigenvalue weighted by Gasteiger charge is -2.14. The predicted molar refractivity (Wildman–Crippen MR) is 43.2 cm³/mol. The van der Waals surface area contributed by atoms with E-state index in [1.165, 1.54) is 11.1 Å². The lowest BCUT2D eigenvalue weighted by atomic mass is 10.5. The molecule has 1 amide bonds. The lowest BCUT2D eigenvalue weighted by molar-refractivity contribution is -0.131. The van der Waals surface area contributed by atoms with Gasteiger partial charge in [-0.3, -0.25) is 4.79 Å². The van der Waals surface area contributed by atoms with Gasteiger partial charge in [0.25, 0.3) is 0 Å². The summed E-state index contributed by atoms with van der Waals surface area (Å²) >= 11 is 0. The average Bonchev–Trinajstić information content (AvgIpc) is 1.97. The maximum absolute atomic E-state index is 10.4. The number of carbonyl (C=O) groups excluding carboxylic acids is 1. The monoisotopic (exact) mass is 172 g/mol. The van der Waals surface area contributed by atoms with Crippen LogP contribution in [0.5, 0.6) is 0 Å². The van der Waals surface area contributed by atoms with E-state index in [9.17, 15) is 9.59 Å². The van der Waals surface area contributed by atoms with Crippen LogP contribution in [-0.4, -0.2) is 35.0 Å². The number of nitrogens with two attached hydrogens (primary N) is 1. The molecule has 0 rings (SSSR count). The first-order valence-corrected chi connectivity index (χ1v) is 3.49. The van der Waals surface area contributed by atoms with Gasteiger partial charge in [0.1, 0.15) is 0 Å². The van der Waals surface area contributed by atoms with Gasteiger partial charge in [0.2, 0.25) is 5.91 Å². The van der Waals surface area contributed by atoms with Crippen molar-refractivity contribution in [2.24, 2.45) is 5.73 Å². The number of hydrogen-bond acceptors (Lipinski definition) is 3. The summed E-state index contributed by atoms with van der Waals surface area (Å²) in [5.74, 6) is -1.52. The normalized spacial score (nSPS) is 10.1. The number of nitrogens with zero attached hydrogens (tertiary/aromatic N) is 1. The molecule has 0 bridgehead atoms. The summed E-state index contributed by atoms with van der Waals surface area (Å²) in [5.41, 5.74) is 4.91. The Bertz CT molecular complexity index is 201. The van der Waals surface area contributed by atoms with Crippen LogP contribution in [0.3, 0.4) is 0 Å².